The molecule has 0 radical (unpaired) electrons. The fraction of sp³-hybridized carbons (Fsp3) is 1.00. The SMILES string of the molecule is C1C[N@]2C[C@@H]12.Cl.OC[C@@H]1C[C@H](S)CN1. The molecule has 0 aliphatic carbocycles. The van der Waals surface area contributed by atoms with Gasteiger partial charge in [-0.2, -0.15) is 12.6 Å². The monoisotopic (exact) mass is 238 g/mol. The van der Waals surface area contributed by atoms with Gasteiger partial charge in [-0.15, -0.1) is 12.4 Å². The van der Waals surface area contributed by atoms with E-state index in [9.17, 15) is 0 Å². The van der Waals surface area contributed by atoms with Crippen molar-refractivity contribution in [2.24, 2.45) is 0 Å². The Hall–Kier alpha value is 0.520. The first-order chi connectivity index (χ1) is 6.29. The molecule has 0 spiro atoms. The third kappa shape index (κ3) is 3.28. The third-order valence-corrected chi connectivity index (χ3v) is 3.39. The van der Waals surface area contributed by atoms with Crippen LogP contribution < -0.4 is 5.32 Å². The number of aliphatic hydroxyl groups is 1. The maximum Gasteiger partial charge on any atom is 0.0585 e. The van der Waals surface area contributed by atoms with Crippen LogP contribution in [0.3, 0.4) is 0 Å². The van der Waals surface area contributed by atoms with Crippen LogP contribution in [-0.2, 0) is 0 Å². The predicted molar refractivity (Wildman–Crippen MR) is 63.5 cm³/mol. The zero-order valence-electron chi connectivity index (χ0n) is 8.22. The number of aliphatic hydroxyl groups excluding tert-OH is 1. The molecule has 0 unspecified atom stereocenters. The van der Waals surface area contributed by atoms with Crippen LogP contribution in [0.1, 0.15) is 12.8 Å². The van der Waals surface area contributed by atoms with E-state index in [2.05, 4.69) is 22.8 Å². The molecule has 0 aromatic heterocycles. The van der Waals surface area contributed by atoms with Gasteiger partial charge >= 0.3 is 0 Å². The lowest BCUT2D eigenvalue weighted by Crippen LogP contribution is -2.24. The fourth-order valence-corrected chi connectivity index (χ4v) is 2.20. The standard InChI is InChI=1S/C5H11NOS.C4H7N.ClH/c7-3-4-1-5(8)2-6-4;1-2-5-3-4(1)5;/h4-8H,1-3H2;4H,1-3H2;1H/t2*4-,5-;/m01./s1. The average molecular weight is 239 g/mol. The highest BCUT2D eigenvalue weighted by molar-refractivity contribution is 7.81. The van der Waals surface area contributed by atoms with Crippen LogP contribution >= 0.6 is 25.0 Å². The summed E-state index contributed by atoms with van der Waals surface area (Å²) in [5.74, 6) is 0. The molecule has 0 saturated carbocycles. The van der Waals surface area contributed by atoms with Gasteiger partial charge in [0.05, 0.1) is 6.61 Å². The molecular formula is C9H19ClN2OS. The second kappa shape index (κ2) is 5.56. The summed E-state index contributed by atoms with van der Waals surface area (Å²) in [6.07, 6.45) is 2.49. The zero-order valence-corrected chi connectivity index (χ0v) is 9.94. The van der Waals surface area contributed by atoms with Gasteiger partial charge in [-0.1, -0.05) is 0 Å². The Morgan fingerprint density at radius 3 is 2.36 bits per heavy atom. The van der Waals surface area contributed by atoms with Crippen LogP contribution in [0.15, 0.2) is 0 Å². The van der Waals surface area contributed by atoms with Crippen LogP contribution in [0, 0.1) is 0 Å². The topological polar surface area (TPSA) is 35.3 Å². The Kier molecular flexibility index (Phi) is 5.00. The third-order valence-electron chi connectivity index (χ3n) is 3.00. The number of hydrogen-bond donors (Lipinski definition) is 3. The first-order valence-electron chi connectivity index (χ1n) is 5.06. The molecule has 84 valence electrons. The molecule has 3 fully saturated rings. The number of nitrogens with zero attached hydrogens (tertiary/aromatic N) is 1. The van der Waals surface area contributed by atoms with Crippen molar-refractivity contribution in [3.8, 4) is 0 Å². The summed E-state index contributed by atoms with van der Waals surface area (Å²) < 4.78 is 0. The molecule has 5 heteroatoms. The molecule has 0 amide bonds. The van der Waals surface area contributed by atoms with Gasteiger partial charge in [-0.3, -0.25) is 4.90 Å². The molecule has 0 aromatic rings. The molecular weight excluding hydrogens is 220 g/mol. The Bertz CT molecular complexity index is 172. The van der Waals surface area contributed by atoms with E-state index in [1.54, 1.807) is 0 Å². The number of fused-ring (bicyclic) bond motifs is 1. The van der Waals surface area contributed by atoms with Crippen LogP contribution in [-0.4, -0.2) is 53.6 Å². The van der Waals surface area contributed by atoms with E-state index in [1.807, 2.05) is 0 Å². The lowest BCUT2D eigenvalue weighted by Gasteiger charge is -2.08. The van der Waals surface area contributed by atoms with Crippen LogP contribution in [0.25, 0.3) is 0 Å². The summed E-state index contributed by atoms with van der Waals surface area (Å²) in [4.78, 5) is 2.47. The molecule has 3 nitrogen and oxygen atoms in total. The Morgan fingerprint density at radius 2 is 2.21 bits per heavy atom. The van der Waals surface area contributed by atoms with Gasteiger partial charge in [0.25, 0.3) is 0 Å². The van der Waals surface area contributed by atoms with Crippen LogP contribution in [0.2, 0.25) is 0 Å². The van der Waals surface area contributed by atoms with Crippen molar-refractivity contribution in [3.63, 3.8) is 0 Å². The molecule has 3 rings (SSSR count). The Morgan fingerprint density at radius 1 is 1.50 bits per heavy atom. The van der Waals surface area contributed by atoms with E-state index in [1.165, 1.54) is 19.5 Å². The summed E-state index contributed by atoms with van der Waals surface area (Å²) in [6.45, 7) is 4.00. The van der Waals surface area contributed by atoms with E-state index < -0.39 is 0 Å². The molecule has 3 saturated heterocycles. The highest BCUT2D eigenvalue weighted by Gasteiger charge is 2.41. The number of hydrogen-bond acceptors (Lipinski definition) is 4. The first-order valence-corrected chi connectivity index (χ1v) is 5.57. The molecule has 3 aliphatic rings. The molecule has 0 bridgehead atoms. The van der Waals surface area contributed by atoms with Crippen molar-refractivity contribution in [2.75, 3.05) is 26.2 Å². The van der Waals surface area contributed by atoms with Gasteiger partial charge in [-0.05, 0) is 12.8 Å². The zero-order chi connectivity index (χ0) is 9.26. The van der Waals surface area contributed by atoms with Crippen molar-refractivity contribution in [3.05, 3.63) is 0 Å². The second-order valence-electron chi connectivity index (χ2n) is 4.11. The molecule has 3 aliphatic heterocycles. The lowest BCUT2D eigenvalue weighted by molar-refractivity contribution is 0.255. The second-order valence-corrected chi connectivity index (χ2v) is 4.85. The van der Waals surface area contributed by atoms with E-state index in [4.69, 9.17) is 5.11 Å². The van der Waals surface area contributed by atoms with Crippen molar-refractivity contribution < 1.29 is 5.11 Å². The molecule has 3 heterocycles. The van der Waals surface area contributed by atoms with Gasteiger partial charge in [0.15, 0.2) is 0 Å². The van der Waals surface area contributed by atoms with Gasteiger partial charge in [0.2, 0.25) is 0 Å². The average Bonchev–Trinajstić information content (AvgIpc) is 2.52. The smallest absolute Gasteiger partial charge is 0.0585 e. The minimum Gasteiger partial charge on any atom is -0.395 e. The Balaban J connectivity index is 0.000000140. The summed E-state index contributed by atoms with van der Waals surface area (Å²) in [5, 5.41) is 12.2. The lowest BCUT2D eigenvalue weighted by atomic mass is 10.2. The Labute approximate surface area is 97.1 Å². The number of nitrogens with one attached hydrogen (secondary N) is 1. The highest BCUT2D eigenvalue weighted by Crippen LogP contribution is 2.30. The van der Waals surface area contributed by atoms with E-state index in [0.717, 1.165) is 19.0 Å². The van der Waals surface area contributed by atoms with E-state index in [0.29, 0.717) is 11.3 Å². The normalized spacial score (nSPS) is 42.4. The minimum absolute atomic E-state index is 0. The maximum absolute atomic E-state index is 8.59. The fourth-order valence-electron chi connectivity index (χ4n) is 1.84. The van der Waals surface area contributed by atoms with Crippen LogP contribution in [0.4, 0.5) is 0 Å². The minimum atomic E-state index is 0. The number of halogens is 1. The quantitative estimate of drug-likeness (QED) is 0.449. The van der Waals surface area contributed by atoms with E-state index in [-0.39, 0.29) is 19.0 Å². The van der Waals surface area contributed by atoms with E-state index >= 15 is 0 Å². The predicted octanol–water partition coefficient (Wildman–Crippen LogP) is 0.135. The summed E-state index contributed by atoms with van der Waals surface area (Å²) in [6, 6.07) is 1.37. The summed E-state index contributed by atoms with van der Waals surface area (Å²) in [7, 11) is 0. The van der Waals surface area contributed by atoms with Gasteiger partial charge in [-0.25, -0.2) is 0 Å². The van der Waals surface area contributed by atoms with Gasteiger partial charge < -0.3 is 10.4 Å². The van der Waals surface area contributed by atoms with Gasteiger partial charge in [0, 0.05) is 37.0 Å². The van der Waals surface area contributed by atoms with Crippen molar-refractivity contribution in [1.82, 2.24) is 10.2 Å². The van der Waals surface area contributed by atoms with Crippen molar-refractivity contribution in [1.29, 1.82) is 0 Å². The maximum atomic E-state index is 8.59. The molecule has 14 heavy (non-hydrogen) atoms. The molecule has 4 atom stereocenters. The van der Waals surface area contributed by atoms with Crippen molar-refractivity contribution >= 4 is 25.0 Å². The summed E-state index contributed by atoms with van der Waals surface area (Å²) in [5.41, 5.74) is 0. The molecule has 2 N–H and O–H groups in total. The highest BCUT2D eigenvalue weighted by atomic mass is 35.5. The first kappa shape index (κ1) is 12.6. The van der Waals surface area contributed by atoms with Crippen LogP contribution in [0.5, 0.6) is 0 Å². The summed E-state index contributed by atoms with van der Waals surface area (Å²) >= 11 is 4.23. The van der Waals surface area contributed by atoms with Gasteiger partial charge in [0.1, 0.15) is 0 Å². The largest absolute Gasteiger partial charge is 0.395 e. The molecule has 0 aromatic carbocycles. The van der Waals surface area contributed by atoms with Crippen molar-refractivity contribution in [2.45, 2.75) is 30.2 Å². The number of thiol groups is 1. The number of rotatable bonds is 1.